The van der Waals surface area contributed by atoms with Gasteiger partial charge in [0.15, 0.2) is 0 Å². The van der Waals surface area contributed by atoms with E-state index in [2.05, 4.69) is 10.6 Å². The second kappa shape index (κ2) is 7.56. The summed E-state index contributed by atoms with van der Waals surface area (Å²) in [5, 5.41) is 7.30. The summed E-state index contributed by atoms with van der Waals surface area (Å²) in [7, 11) is 1.98. The fourth-order valence-electron chi connectivity index (χ4n) is 3.63. The summed E-state index contributed by atoms with van der Waals surface area (Å²) in [6.07, 6.45) is 2.27. The largest absolute Gasteiger partial charge is 0.359 e. The van der Waals surface area contributed by atoms with E-state index in [1.807, 2.05) is 59.1 Å². The summed E-state index contributed by atoms with van der Waals surface area (Å²) in [5.41, 5.74) is 3.52. The molecule has 3 aromatic rings. The molecule has 2 aromatic carbocycles. The van der Waals surface area contributed by atoms with E-state index in [1.54, 1.807) is 6.07 Å². The lowest BCUT2D eigenvalue weighted by atomic mass is 10.1. The predicted molar refractivity (Wildman–Crippen MR) is 112 cm³/mol. The molecule has 2 amide bonds. The van der Waals surface area contributed by atoms with Gasteiger partial charge in [-0.25, -0.2) is 0 Å². The van der Waals surface area contributed by atoms with E-state index in [-0.39, 0.29) is 24.8 Å². The molecule has 0 aliphatic carbocycles. The van der Waals surface area contributed by atoms with Gasteiger partial charge in [0.25, 0.3) is 0 Å². The van der Waals surface area contributed by atoms with Gasteiger partial charge in [-0.05, 0) is 29.8 Å². The van der Waals surface area contributed by atoms with E-state index in [4.69, 9.17) is 11.6 Å². The molecule has 6 nitrogen and oxygen atoms in total. The summed E-state index contributed by atoms with van der Waals surface area (Å²) in [5.74, 6) is -0.118. The van der Waals surface area contributed by atoms with Gasteiger partial charge >= 0.3 is 0 Å². The zero-order chi connectivity index (χ0) is 19.7. The van der Waals surface area contributed by atoms with Crippen molar-refractivity contribution in [3.05, 3.63) is 59.2 Å². The smallest absolute Gasteiger partial charge is 0.239 e. The summed E-state index contributed by atoms with van der Waals surface area (Å²) in [6, 6.07) is 13.4. The van der Waals surface area contributed by atoms with Crippen LogP contribution in [0, 0.1) is 0 Å². The number of hydrogen-bond acceptors (Lipinski definition) is 3. The Morgan fingerprint density at radius 2 is 2.07 bits per heavy atom. The molecule has 28 heavy (non-hydrogen) atoms. The molecule has 1 aliphatic heterocycles. The Morgan fingerprint density at radius 1 is 1.25 bits per heavy atom. The number of fused-ring (bicyclic) bond motifs is 1. The number of para-hydroxylation sites is 1. The van der Waals surface area contributed by atoms with Gasteiger partial charge in [0.1, 0.15) is 0 Å². The number of aryl methyl sites for hydroxylation is 1. The first-order valence-corrected chi connectivity index (χ1v) is 9.53. The van der Waals surface area contributed by atoms with Gasteiger partial charge in [-0.15, -0.1) is 0 Å². The lowest BCUT2D eigenvalue weighted by molar-refractivity contribution is -0.120. The number of carbonyl (C=O) groups excluding carboxylic acids is 2. The molecule has 144 valence electrons. The molecule has 0 saturated carbocycles. The van der Waals surface area contributed by atoms with Crippen LogP contribution < -0.4 is 15.5 Å². The van der Waals surface area contributed by atoms with Crippen molar-refractivity contribution in [1.29, 1.82) is 0 Å². The van der Waals surface area contributed by atoms with Crippen LogP contribution in [0.1, 0.15) is 5.56 Å². The minimum Gasteiger partial charge on any atom is -0.359 e. The van der Waals surface area contributed by atoms with Gasteiger partial charge in [-0.2, -0.15) is 0 Å². The van der Waals surface area contributed by atoms with Crippen molar-refractivity contribution in [1.82, 2.24) is 9.88 Å². The lowest BCUT2D eigenvalue weighted by Gasteiger charge is -2.29. The highest BCUT2D eigenvalue weighted by Gasteiger charge is 2.19. The Kier molecular flexibility index (Phi) is 4.96. The monoisotopic (exact) mass is 396 g/mol. The highest BCUT2D eigenvalue weighted by Crippen LogP contribution is 2.29. The summed E-state index contributed by atoms with van der Waals surface area (Å²) in [4.78, 5) is 26.1. The molecule has 0 bridgehead atoms. The second-order valence-corrected chi connectivity index (χ2v) is 7.35. The number of nitrogens with zero attached hydrogens (tertiary/aromatic N) is 2. The first-order chi connectivity index (χ1) is 13.5. The van der Waals surface area contributed by atoms with Crippen molar-refractivity contribution in [2.24, 2.45) is 7.05 Å². The molecule has 4 rings (SSSR count). The third-order valence-corrected chi connectivity index (χ3v) is 5.24. The standard InChI is InChI=1S/C21H21ClN4O2/c1-25-12-14(16-4-2-3-5-18(16)25)10-20(27)24-15-6-7-19(17(22)11-15)26-9-8-23-21(28)13-26/h2-7,11-12H,8-10,13H2,1H3,(H,23,28)(H,24,27). The molecular weight excluding hydrogens is 376 g/mol. The summed E-state index contributed by atoms with van der Waals surface area (Å²) in [6.45, 7) is 1.59. The molecule has 0 atom stereocenters. The molecular formula is C21H21ClN4O2. The fourth-order valence-corrected chi connectivity index (χ4v) is 3.93. The van der Waals surface area contributed by atoms with Crippen LogP contribution in [-0.2, 0) is 23.1 Å². The number of aromatic nitrogens is 1. The van der Waals surface area contributed by atoms with E-state index >= 15 is 0 Å². The minimum atomic E-state index is -0.0995. The molecule has 2 N–H and O–H groups in total. The quantitative estimate of drug-likeness (QED) is 0.712. The van der Waals surface area contributed by atoms with E-state index in [0.29, 0.717) is 23.8 Å². The number of piperazine rings is 1. The Labute approximate surface area is 168 Å². The molecule has 0 radical (unpaired) electrons. The molecule has 7 heteroatoms. The van der Waals surface area contributed by atoms with Crippen LogP contribution in [0.4, 0.5) is 11.4 Å². The first-order valence-electron chi connectivity index (χ1n) is 9.15. The van der Waals surface area contributed by atoms with E-state index in [0.717, 1.165) is 22.2 Å². The normalized spacial score (nSPS) is 14.2. The van der Waals surface area contributed by atoms with Crippen LogP contribution in [0.25, 0.3) is 10.9 Å². The van der Waals surface area contributed by atoms with Gasteiger partial charge in [-0.3, -0.25) is 9.59 Å². The Morgan fingerprint density at radius 3 is 2.86 bits per heavy atom. The Balaban J connectivity index is 1.47. The maximum Gasteiger partial charge on any atom is 0.239 e. The van der Waals surface area contributed by atoms with Gasteiger partial charge in [0.2, 0.25) is 11.8 Å². The zero-order valence-corrected chi connectivity index (χ0v) is 16.3. The molecule has 0 spiro atoms. The highest BCUT2D eigenvalue weighted by molar-refractivity contribution is 6.33. The molecule has 2 heterocycles. The Bertz CT molecular complexity index is 1060. The van der Waals surface area contributed by atoms with Crippen molar-refractivity contribution in [2.45, 2.75) is 6.42 Å². The summed E-state index contributed by atoms with van der Waals surface area (Å²) >= 11 is 6.41. The van der Waals surface area contributed by atoms with Gasteiger partial charge in [0.05, 0.1) is 23.7 Å². The van der Waals surface area contributed by atoms with Crippen molar-refractivity contribution in [3.8, 4) is 0 Å². The third-order valence-electron chi connectivity index (χ3n) is 4.94. The second-order valence-electron chi connectivity index (χ2n) is 6.95. The topological polar surface area (TPSA) is 66.4 Å². The number of amides is 2. The number of carbonyl (C=O) groups is 2. The third kappa shape index (κ3) is 3.68. The average molecular weight is 397 g/mol. The van der Waals surface area contributed by atoms with Crippen LogP contribution in [-0.4, -0.2) is 36.0 Å². The first kappa shape index (κ1) is 18.4. The lowest BCUT2D eigenvalue weighted by Crippen LogP contribution is -2.47. The van der Waals surface area contributed by atoms with Gasteiger partial charge in [0, 0.05) is 42.9 Å². The average Bonchev–Trinajstić information content (AvgIpc) is 2.98. The number of anilines is 2. The van der Waals surface area contributed by atoms with Crippen molar-refractivity contribution >= 4 is 45.7 Å². The highest BCUT2D eigenvalue weighted by atomic mass is 35.5. The van der Waals surface area contributed by atoms with Crippen molar-refractivity contribution < 1.29 is 9.59 Å². The number of benzene rings is 2. The SMILES string of the molecule is Cn1cc(CC(=O)Nc2ccc(N3CCNC(=O)C3)c(Cl)c2)c2ccccc21. The summed E-state index contributed by atoms with van der Waals surface area (Å²) < 4.78 is 2.03. The minimum absolute atomic E-state index is 0.0187. The number of hydrogen-bond donors (Lipinski definition) is 2. The van der Waals surface area contributed by atoms with Crippen molar-refractivity contribution in [2.75, 3.05) is 29.9 Å². The number of rotatable bonds is 4. The number of nitrogens with one attached hydrogen (secondary N) is 2. The molecule has 1 aliphatic rings. The van der Waals surface area contributed by atoms with Crippen LogP contribution in [0.3, 0.4) is 0 Å². The van der Waals surface area contributed by atoms with E-state index in [1.165, 1.54) is 0 Å². The number of halogens is 1. The molecule has 0 unspecified atom stereocenters. The van der Waals surface area contributed by atoms with Crippen LogP contribution in [0.2, 0.25) is 5.02 Å². The molecule has 1 fully saturated rings. The predicted octanol–water partition coefficient (Wildman–Crippen LogP) is 2.95. The fraction of sp³-hybridized carbons (Fsp3) is 0.238. The van der Waals surface area contributed by atoms with Gasteiger partial charge in [-0.1, -0.05) is 29.8 Å². The van der Waals surface area contributed by atoms with Crippen molar-refractivity contribution in [3.63, 3.8) is 0 Å². The van der Waals surface area contributed by atoms with E-state index in [9.17, 15) is 9.59 Å². The van der Waals surface area contributed by atoms with Crippen LogP contribution in [0.15, 0.2) is 48.7 Å². The zero-order valence-electron chi connectivity index (χ0n) is 15.5. The van der Waals surface area contributed by atoms with Crippen LogP contribution in [0.5, 0.6) is 0 Å². The molecule has 1 saturated heterocycles. The van der Waals surface area contributed by atoms with Crippen LogP contribution >= 0.6 is 11.6 Å². The maximum absolute atomic E-state index is 12.5. The molecule has 1 aromatic heterocycles. The Hall–Kier alpha value is -2.99. The maximum atomic E-state index is 12.5. The van der Waals surface area contributed by atoms with E-state index < -0.39 is 0 Å². The van der Waals surface area contributed by atoms with Gasteiger partial charge < -0.3 is 20.1 Å².